The van der Waals surface area contributed by atoms with E-state index in [4.69, 9.17) is 4.74 Å². The number of rotatable bonds is 3. The summed E-state index contributed by atoms with van der Waals surface area (Å²) in [4.78, 5) is 11.3. The molecule has 32 heavy (non-hydrogen) atoms. The lowest BCUT2D eigenvalue weighted by molar-refractivity contribution is -0.150. The molecule has 0 amide bonds. The summed E-state index contributed by atoms with van der Waals surface area (Å²) < 4.78 is 5.05. The topological polar surface area (TPSA) is 132 Å². The van der Waals surface area contributed by atoms with Crippen LogP contribution in [0.15, 0.2) is 34.1 Å². The van der Waals surface area contributed by atoms with Gasteiger partial charge < -0.3 is 25.4 Å². The van der Waals surface area contributed by atoms with Gasteiger partial charge in [0.05, 0.1) is 6.10 Å². The number of carbonyl (C=O) groups is 1. The standard InChI is InChI=1S/C24H34N2O6/c1-13-9-16-17-6-8-24(29,20(26-31)12-32-14(2)27)23(17,4)11-19(28)21(16)22(3)7-5-15(25-30)10-18(13)22/h5,7,10,13,16-17,19,21,28-31H,6,8-9,11-12H2,1-4H3/b25-15?,26-20+/t13-,16-,17-,19-,21+,22-,23-,24-/m0/s1. The molecule has 3 fully saturated rings. The summed E-state index contributed by atoms with van der Waals surface area (Å²) >= 11 is 0. The number of aliphatic hydroxyl groups is 2. The van der Waals surface area contributed by atoms with Gasteiger partial charge in [-0.2, -0.15) is 0 Å². The van der Waals surface area contributed by atoms with Gasteiger partial charge >= 0.3 is 5.97 Å². The maximum atomic E-state index is 11.8. The molecule has 8 heteroatoms. The van der Waals surface area contributed by atoms with E-state index in [0.29, 0.717) is 18.6 Å². The molecule has 0 spiro atoms. The van der Waals surface area contributed by atoms with E-state index in [1.807, 2.05) is 13.0 Å². The van der Waals surface area contributed by atoms with Crippen molar-refractivity contribution in [3.05, 3.63) is 23.8 Å². The Labute approximate surface area is 188 Å². The smallest absolute Gasteiger partial charge is 0.303 e. The minimum Gasteiger partial charge on any atom is -0.459 e. The van der Waals surface area contributed by atoms with E-state index in [0.717, 1.165) is 18.4 Å². The zero-order chi connectivity index (χ0) is 23.5. The van der Waals surface area contributed by atoms with Gasteiger partial charge in [0.15, 0.2) is 0 Å². The van der Waals surface area contributed by atoms with Gasteiger partial charge in [-0.15, -0.1) is 0 Å². The molecule has 8 atom stereocenters. The molecule has 0 aromatic carbocycles. The van der Waals surface area contributed by atoms with Gasteiger partial charge in [-0.3, -0.25) is 4.79 Å². The summed E-state index contributed by atoms with van der Waals surface area (Å²) in [7, 11) is 0. The van der Waals surface area contributed by atoms with E-state index in [9.17, 15) is 25.4 Å². The Morgan fingerprint density at radius 2 is 2.03 bits per heavy atom. The largest absolute Gasteiger partial charge is 0.459 e. The lowest BCUT2D eigenvalue weighted by Crippen LogP contribution is -2.62. The van der Waals surface area contributed by atoms with Crippen LogP contribution in [-0.4, -0.2) is 56.3 Å². The van der Waals surface area contributed by atoms with Crippen LogP contribution in [0.2, 0.25) is 0 Å². The van der Waals surface area contributed by atoms with E-state index in [-0.39, 0.29) is 41.4 Å². The van der Waals surface area contributed by atoms with E-state index in [1.165, 1.54) is 6.92 Å². The Balaban J connectivity index is 1.72. The third kappa shape index (κ3) is 3.06. The number of aliphatic hydroxyl groups excluding tert-OH is 1. The van der Waals surface area contributed by atoms with Crippen LogP contribution in [0, 0.1) is 34.5 Å². The van der Waals surface area contributed by atoms with E-state index in [2.05, 4.69) is 30.2 Å². The molecule has 0 radical (unpaired) electrons. The van der Waals surface area contributed by atoms with Crippen molar-refractivity contribution >= 4 is 17.4 Å². The van der Waals surface area contributed by atoms with E-state index < -0.39 is 23.1 Å². The summed E-state index contributed by atoms with van der Waals surface area (Å²) in [6.45, 7) is 7.27. The number of ether oxygens (including phenoxy) is 1. The SMILES string of the molecule is CC(=O)OC/C(=N\O)[C@@]1(O)CC[C@H]2[C@@H]3C[C@H](C)C4=CC(=NO)C=C[C@]4(C)[C@H]3[C@@H](O)C[C@@]21C. The second-order valence-electron chi connectivity index (χ2n) is 10.6. The highest BCUT2D eigenvalue weighted by atomic mass is 16.5. The van der Waals surface area contributed by atoms with Crippen LogP contribution < -0.4 is 0 Å². The summed E-state index contributed by atoms with van der Waals surface area (Å²) in [6, 6.07) is 0. The number of fused-ring (bicyclic) bond motifs is 5. The van der Waals surface area contributed by atoms with Crippen molar-refractivity contribution in [3.63, 3.8) is 0 Å². The van der Waals surface area contributed by atoms with Crippen LogP contribution in [0.5, 0.6) is 0 Å². The maximum absolute atomic E-state index is 11.8. The van der Waals surface area contributed by atoms with Crippen LogP contribution in [-0.2, 0) is 9.53 Å². The second-order valence-corrected chi connectivity index (χ2v) is 10.6. The van der Waals surface area contributed by atoms with Gasteiger partial charge in [0, 0.05) is 23.7 Å². The van der Waals surface area contributed by atoms with Gasteiger partial charge in [-0.1, -0.05) is 42.7 Å². The fraction of sp³-hybridized carbons (Fsp3) is 0.708. The zero-order valence-corrected chi connectivity index (χ0v) is 19.2. The summed E-state index contributed by atoms with van der Waals surface area (Å²) in [6.07, 6.45) is 7.42. The average Bonchev–Trinajstić information content (AvgIpc) is 2.99. The number of nitrogens with zero attached hydrogens (tertiary/aromatic N) is 2. The van der Waals surface area contributed by atoms with Gasteiger partial charge in [0.25, 0.3) is 0 Å². The highest BCUT2D eigenvalue weighted by Crippen LogP contribution is 2.67. The monoisotopic (exact) mass is 446 g/mol. The van der Waals surface area contributed by atoms with Crippen molar-refractivity contribution in [1.29, 1.82) is 0 Å². The van der Waals surface area contributed by atoms with Gasteiger partial charge in [0.2, 0.25) is 0 Å². The van der Waals surface area contributed by atoms with Gasteiger partial charge in [-0.25, -0.2) is 0 Å². The lowest BCUT2D eigenvalue weighted by atomic mass is 9.44. The fourth-order valence-corrected chi connectivity index (χ4v) is 7.70. The molecule has 4 rings (SSSR count). The van der Waals surface area contributed by atoms with Crippen molar-refractivity contribution in [3.8, 4) is 0 Å². The van der Waals surface area contributed by atoms with Crippen molar-refractivity contribution < 1.29 is 30.2 Å². The van der Waals surface area contributed by atoms with Crippen LogP contribution in [0.3, 0.4) is 0 Å². The third-order valence-corrected chi connectivity index (χ3v) is 9.11. The van der Waals surface area contributed by atoms with Crippen molar-refractivity contribution in [2.45, 2.75) is 65.1 Å². The van der Waals surface area contributed by atoms with Crippen molar-refractivity contribution in [1.82, 2.24) is 0 Å². The number of hydrogen-bond donors (Lipinski definition) is 4. The molecule has 0 aromatic rings. The summed E-state index contributed by atoms with van der Waals surface area (Å²) in [5, 5.41) is 48.9. The minimum absolute atomic E-state index is 0.0372. The van der Waals surface area contributed by atoms with Gasteiger partial charge in [0.1, 0.15) is 23.6 Å². The molecule has 8 nitrogen and oxygen atoms in total. The predicted octanol–water partition coefficient (Wildman–Crippen LogP) is 2.90. The molecule has 3 saturated carbocycles. The molecule has 0 bridgehead atoms. The Morgan fingerprint density at radius 3 is 2.66 bits per heavy atom. The van der Waals surface area contributed by atoms with Crippen LogP contribution >= 0.6 is 0 Å². The minimum atomic E-state index is -1.47. The maximum Gasteiger partial charge on any atom is 0.303 e. The number of carbonyl (C=O) groups excluding carboxylic acids is 1. The molecule has 0 heterocycles. The Kier molecular flexibility index (Phi) is 5.53. The molecule has 4 aliphatic rings. The fourth-order valence-electron chi connectivity index (χ4n) is 7.70. The average molecular weight is 447 g/mol. The predicted molar refractivity (Wildman–Crippen MR) is 118 cm³/mol. The first-order valence-electron chi connectivity index (χ1n) is 11.4. The van der Waals surface area contributed by atoms with E-state index in [1.54, 1.807) is 6.08 Å². The molecule has 0 saturated heterocycles. The normalized spacial score (nSPS) is 46.8. The first kappa shape index (κ1) is 23.0. The van der Waals surface area contributed by atoms with Crippen molar-refractivity contribution in [2.75, 3.05) is 6.61 Å². The Morgan fingerprint density at radius 1 is 1.31 bits per heavy atom. The molecule has 4 aliphatic carbocycles. The van der Waals surface area contributed by atoms with Crippen molar-refractivity contribution in [2.24, 2.45) is 44.8 Å². The molecular weight excluding hydrogens is 412 g/mol. The number of oxime groups is 2. The quantitative estimate of drug-likeness (QED) is 0.228. The number of hydrogen-bond acceptors (Lipinski definition) is 8. The summed E-state index contributed by atoms with van der Waals surface area (Å²) in [5.74, 6) is -0.0672. The highest BCUT2D eigenvalue weighted by Gasteiger charge is 2.68. The molecule has 0 unspecified atom stereocenters. The lowest BCUT2D eigenvalue weighted by Gasteiger charge is -2.61. The molecule has 176 valence electrons. The zero-order valence-electron chi connectivity index (χ0n) is 19.2. The van der Waals surface area contributed by atoms with Crippen LogP contribution in [0.1, 0.15) is 53.4 Å². The first-order chi connectivity index (χ1) is 15.0. The van der Waals surface area contributed by atoms with Crippen LogP contribution in [0.4, 0.5) is 0 Å². The Bertz CT molecular complexity index is 925. The molecule has 0 aromatic heterocycles. The number of esters is 1. The molecule has 0 aliphatic heterocycles. The second kappa shape index (κ2) is 7.70. The molecule has 4 N–H and O–H groups in total. The summed E-state index contributed by atoms with van der Waals surface area (Å²) in [5.41, 5.74) is -0.834. The van der Waals surface area contributed by atoms with Gasteiger partial charge in [-0.05, 0) is 55.6 Å². The molecular formula is C24H34N2O6. The Hall–Kier alpha value is -2.19. The first-order valence-corrected chi connectivity index (χ1v) is 11.4. The number of allylic oxidation sites excluding steroid dienone is 4. The highest BCUT2D eigenvalue weighted by molar-refractivity contribution is 6.05. The third-order valence-electron chi connectivity index (χ3n) is 9.11. The van der Waals surface area contributed by atoms with Crippen LogP contribution in [0.25, 0.3) is 0 Å². The van der Waals surface area contributed by atoms with E-state index >= 15 is 0 Å².